The monoisotopic (exact) mass is 415 g/mol. The van der Waals surface area contributed by atoms with E-state index in [0.717, 1.165) is 36.8 Å². The van der Waals surface area contributed by atoms with Crippen LogP contribution in [0.4, 0.5) is 4.79 Å². The summed E-state index contributed by atoms with van der Waals surface area (Å²) in [5.74, 6) is -0.528. The number of hydrogen-bond donors (Lipinski definition) is 2. The van der Waals surface area contributed by atoms with Crippen LogP contribution in [0.3, 0.4) is 0 Å². The lowest BCUT2D eigenvalue weighted by molar-refractivity contribution is -0.132. The quantitative estimate of drug-likeness (QED) is 0.792. The summed E-state index contributed by atoms with van der Waals surface area (Å²) < 4.78 is 5.54. The largest absolute Gasteiger partial charge is 0.444 e. The number of nitrogens with one attached hydrogen (secondary N) is 2. The minimum absolute atomic E-state index is 0.185. The maximum Gasteiger partial charge on any atom is 0.411 e. The summed E-state index contributed by atoms with van der Waals surface area (Å²) in [6.45, 7) is 7.37. The van der Waals surface area contributed by atoms with Gasteiger partial charge in [-0.25, -0.2) is 4.79 Å². The highest BCUT2D eigenvalue weighted by Crippen LogP contribution is 2.25. The summed E-state index contributed by atoms with van der Waals surface area (Å²) in [6.07, 6.45) is 4.07. The van der Waals surface area contributed by atoms with Crippen LogP contribution < -0.4 is 10.6 Å². The van der Waals surface area contributed by atoms with Crippen LogP contribution in [0.15, 0.2) is 24.3 Å². The van der Waals surface area contributed by atoms with Gasteiger partial charge in [-0.1, -0.05) is 37.1 Å². The number of rotatable bonds is 4. The van der Waals surface area contributed by atoms with Crippen LogP contribution in [0, 0.1) is 0 Å². The van der Waals surface area contributed by atoms with Gasteiger partial charge in [-0.15, -0.1) is 0 Å². The Morgan fingerprint density at radius 1 is 1.10 bits per heavy atom. The smallest absolute Gasteiger partial charge is 0.411 e. The lowest BCUT2D eigenvalue weighted by Gasteiger charge is -2.37. The lowest BCUT2D eigenvalue weighted by atomic mass is 9.93. The molecule has 0 aromatic heterocycles. The molecular weight excluding hydrogens is 382 g/mol. The molecular formula is C23H33N3O4. The first-order valence-electron chi connectivity index (χ1n) is 10.8. The van der Waals surface area contributed by atoms with Gasteiger partial charge in [0.05, 0.1) is 6.54 Å². The fraction of sp³-hybridized carbons (Fsp3) is 0.609. The zero-order chi connectivity index (χ0) is 21.9. The highest BCUT2D eigenvalue weighted by Gasteiger charge is 2.37. The number of hydrogen-bond acceptors (Lipinski definition) is 4. The Morgan fingerprint density at radius 3 is 2.37 bits per heavy atom. The summed E-state index contributed by atoms with van der Waals surface area (Å²) in [5, 5.41) is 5.81. The van der Waals surface area contributed by atoms with Crippen molar-refractivity contribution in [3.05, 3.63) is 35.4 Å². The first-order chi connectivity index (χ1) is 14.1. The number of ether oxygens (including phenoxy) is 1. The molecule has 2 N–H and O–H groups in total. The molecule has 1 aromatic rings. The molecule has 0 bridgehead atoms. The van der Waals surface area contributed by atoms with Crippen LogP contribution in [-0.2, 0) is 27.3 Å². The molecule has 0 radical (unpaired) electrons. The molecule has 2 atom stereocenters. The fourth-order valence-corrected chi connectivity index (χ4v) is 4.04. The Labute approximate surface area is 178 Å². The third kappa shape index (κ3) is 5.52. The lowest BCUT2D eigenvalue weighted by Crippen LogP contribution is -2.57. The van der Waals surface area contributed by atoms with Gasteiger partial charge < -0.3 is 15.4 Å². The molecule has 0 unspecified atom stereocenters. The average Bonchev–Trinajstić information content (AvgIpc) is 3.18. The second-order valence-electron chi connectivity index (χ2n) is 9.32. The van der Waals surface area contributed by atoms with Crippen LogP contribution in [0.1, 0.15) is 64.5 Å². The SMILES string of the molecule is C[C@H](NC(=O)[C@@H]1Cc2ccccc2CN1C(=O)OC(C)(C)C)C(=O)NC1CCCC1. The molecule has 1 saturated carbocycles. The molecule has 3 rings (SSSR count). The van der Waals surface area contributed by atoms with Crippen LogP contribution in [0.25, 0.3) is 0 Å². The van der Waals surface area contributed by atoms with E-state index in [1.807, 2.05) is 24.3 Å². The first kappa shape index (κ1) is 22.1. The maximum atomic E-state index is 13.1. The Hall–Kier alpha value is -2.57. The third-order valence-corrected chi connectivity index (χ3v) is 5.63. The number of carbonyl (C=O) groups is 3. The summed E-state index contributed by atoms with van der Waals surface area (Å²) in [6, 6.07) is 6.57. The highest BCUT2D eigenvalue weighted by molar-refractivity contribution is 5.91. The first-order valence-corrected chi connectivity index (χ1v) is 10.8. The summed E-state index contributed by atoms with van der Waals surface area (Å²) in [7, 11) is 0. The Balaban J connectivity index is 1.71. The second-order valence-corrected chi connectivity index (χ2v) is 9.32. The van der Waals surface area contributed by atoms with E-state index in [1.165, 1.54) is 4.90 Å². The van der Waals surface area contributed by atoms with Gasteiger partial charge in [0.2, 0.25) is 11.8 Å². The van der Waals surface area contributed by atoms with Gasteiger partial charge in [0.15, 0.2) is 0 Å². The van der Waals surface area contributed by atoms with Gasteiger partial charge in [0, 0.05) is 12.5 Å². The number of fused-ring (bicyclic) bond motifs is 1. The predicted octanol–water partition coefficient (Wildman–Crippen LogP) is 2.91. The van der Waals surface area contributed by atoms with Crippen molar-refractivity contribution in [2.45, 2.75) is 90.1 Å². The summed E-state index contributed by atoms with van der Waals surface area (Å²) in [5.41, 5.74) is 1.36. The number of benzene rings is 1. The van der Waals surface area contributed by atoms with Crippen LogP contribution in [0.2, 0.25) is 0 Å². The number of carbonyl (C=O) groups excluding carboxylic acids is 3. The van der Waals surface area contributed by atoms with Crippen molar-refractivity contribution < 1.29 is 19.1 Å². The van der Waals surface area contributed by atoms with Crippen LogP contribution >= 0.6 is 0 Å². The number of nitrogens with zero attached hydrogens (tertiary/aromatic N) is 1. The zero-order valence-corrected chi connectivity index (χ0v) is 18.4. The van der Waals surface area contributed by atoms with E-state index in [9.17, 15) is 14.4 Å². The maximum absolute atomic E-state index is 13.1. The molecule has 2 aliphatic rings. The Bertz CT molecular complexity index is 796. The Morgan fingerprint density at radius 2 is 1.73 bits per heavy atom. The summed E-state index contributed by atoms with van der Waals surface area (Å²) in [4.78, 5) is 39.9. The van der Waals surface area contributed by atoms with Crippen molar-refractivity contribution in [2.75, 3.05) is 0 Å². The molecule has 1 fully saturated rings. The zero-order valence-electron chi connectivity index (χ0n) is 18.4. The minimum Gasteiger partial charge on any atom is -0.444 e. The van der Waals surface area contributed by atoms with Crippen molar-refractivity contribution >= 4 is 17.9 Å². The standard InChI is InChI=1S/C23H33N3O4/c1-15(20(27)25-18-11-7-8-12-18)24-21(28)19-13-16-9-5-6-10-17(16)14-26(19)22(29)30-23(2,3)4/h5-6,9-10,15,18-19H,7-8,11-14H2,1-4H3,(H,24,28)(H,25,27)/t15-,19-/m0/s1. The van der Waals surface area contributed by atoms with Gasteiger partial charge in [-0.3, -0.25) is 14.5 Å². The highest BCUT2D eigenvalue weighted by atomic mass is 16.6. The summed E-state index contributed by atoms with van der Waals surface area (Å²) >= 11 is 0. The van der Waals surface area contributed by atoms with E-state index in [-0.39, 0.29) is 17.9 Å². The van der Waals surface area contributed by atoms with E-state index in [2.05, 4.69) is 10.6 Å². The van der Waals surface area contributed by atoms with Gasteiger partial charge in [-0.05, 0) is 51.7 Å². The van der Waals surface area contributed by atoms with Crippen molar-refractivity contribution in [1.29, 1.82) is 0 Å². The van der Waals surface area contributed by atoms with Gasteiger partial charge in [0.25, 0.3) is 0 Å². The van der Waals surface area contributed by atoms with E-state index in [1.54, 1.807) is 27.7 Å². The van der Waals surface area contributed by atoms with Crippen LogP contribution in [-0.4, -0.2) is 46.5 Å². The molecule has 0 spiro atoms. The predicted molar refractivity (Wildman–Crippen MR) is 114 cm³/mol. The van der Waals surface area contributed by atoms with E-state index in [0.29, 0.717) is 13.0 Å². The molecule has 1 aromatic carbocycles. The molecule has 1 aliphatic carbocycles. The topological polar surface area (TPSA) is 87.7 Å². The molecule has 3 amide bonds. The Kier molecular flexibility index (Phi) is 6.68. The van der Waals surface area contributed by atoms with Crippen molar-refractivity contribution in [3.8, 4) is 0 Å². The van der Waals surface area contributed by atoms with Crippen LogP contribution in [0.5, 0.6) is 0 Å². The average molecular weight is 416 g/mol. The van der Waals surface area contributed by atoms with Gasteiger partial charge >= 0.3 is 6.09 Å². The molecule has 1 aliphatic heterocycles. The normalized spacial score (nSPS) is 20.3. The fourth-order valence-electron chi connectivity index (χ4n) is 4.04. The van der Waals surface area contributed by atoms with Gasteiger partial charge in [0.1, 0.15) is 17.7 Å². The minimum atomic E-state index is -0.725. The third-order valence-electron chi connectivity index (χ3n) is 5.63. The second kappa shape index (κ2) is 9.06. The molecule has 7 heteroatoms. The molecule has 164 valence electrons. The van der Waals surface area contributed by atoms with E-state index in [4.69, 9.17) is 4.74 Å². The molecule has 0 saturated heterocycles. The molecule has 1 heterocycles. The van der Waals surface area contributed by atoms with Crippen molar-refractivity contribution in [3.63, 3.8) is 0 Å². The van der Waals surface area contributed by atoms with E-state index >= 15 is 0 Å². The molecule has 30 heavy (non-hydrogen) atoms. The van der Waals surface area contributed by atoms with E-state index < -0.39 is 23.8 Å². The van der Waals surface area contributed by atoms with Crippen molar-refractivity contribution in [1.82, 2.24) is 15.5 Å². The van der Waals surface area contributed by atoms with Gasteiger partial charge in [-0.2, -0.15) is 0 Å². The van der Waals surface area contributed by atoms with Crippen molar-refractivity contribution in [2.24, 2.45) is 0 Å². The molecule has 7 nitrogen and oxygen atoms in total. The number of amides is 3.